The third kappa shape index (κ3) is 2.62. The molecule has 2 aromatic rings. The lowest BCUT2D eigenvalue weighted by atomic mass is 9.92. The number of hydrogen-bond donors (Lipinski definition) is 1. The van der Waals surface area contributed by atoms with Crippen molar-refractivity contribution in [1.29, 1.82) is 0 Å². The number of hydrogen-bond acceptors (Lipinski definition) is 2. The van der Waals surface area contributed by atoms with Gasteiger partial charge in [-0.15, -0.1) is 0 Å². The summed E-state index contributed by atoms with van der Waals surface area (Å²) in [6.45, 7) is 7.50. The van der Waals surface area contributed by atoms with E-state index in [9.17, 15) is 0 Å². The van der Waals surface area contributed by atoms with Gasteiger partial charge >= 0.3 is 0 Å². The summed E-state index contributed by atoms with van der Waals surface area (Å²) in [7, 11) is 1.96. The Bertz CT molecular complexity index is 521. The number of nitrogens with zero attached hydrogens (tertiary/aromatic N) is 2. The van der Waals surface area contributed by atoms with Crippen LogP contribution in [0.25, 0.3) is 5.69 Å². The van der Waals surface area contributed by atoms with E-state index in [1.54, 1.807) is 0 Å². The first-order valence-corrected chi connectivity index (χ1v) is 6.29. The molecular weight excluding hydrogens is 222 g/mol. The largest absolute Gasteiger partial charge is 0.316 e. The van der Waals surface area contributed by atoms with Gasteiger partial charge in [0.25, 0.3) is 0 Å². The highest BCUT2D eigenvalue weighted by Gasteiger charge is 2.19. The molecule has 0 unspecified atom stereocenters. The molecule has 0 spiro atoms. The van der Waals surface area contributed by atoms with Crippen molar-refractivity contribution in [3.8, 4) is 5.69 Å². The van der Waals surface area contributed by atoms with Gasteiger partial charge in [0.2, 0.25) is 0 Å². The summed E-state index contributed by atoms with van der Waals surface area (Å²) in [6, 6.07) is 8.55. The lowest BCUT2D eigenvalue weighted by Gasteiger charge is -2.21. The van der Waals surface area contributed by atoms with Crippen LogP contribution < -0.4 is 5.32 Å². The van der Waals surface area contributed by atoms with Crippen molar-refractivity contribution < 1.29 is 0 Å². The Morgan fingerprint density at radius 2 is 2.06 bits per heavy atom. The van der Waals surface area contributed by atoms with Crippen LogP contribution in [0.5, 0.6) is 0 Å². The van der Waals surface area contributed by atoms with E-state index >= 15 is 0 Å². The molecule has 0 aliphatic carbocycles. The molecule has 1 aromatic heterocycles. The second-order valence-corrected chi connectivity index (χ2v) is 5.60. The van der Waals surface area contributed by atoms with E-state index in [2.05, 4.69) is 59.9 Å². The fraction of sp³-hybridized carbons (Fsp3) is 0.400. The Morgan fingerprint density at radius 1 is 1.28 bits per heavy atom. The Morgan fingerprint density at radius 3 is 2.72 bits per heavy atom. The van der Waals surface area contributed by atoms with Gasteiger partial charge in [-0.25, -0.2) is 4.98 Å². The van der Waals surface area contributed by atoms with Gasteiger partial charge in [-0.2, -0.15) is 0 Å². The molecule has 0 aliphatic rings. The smallest absolute Gasteiger partial charge is 0.0994 e. The molecule has 3 nitrogen and oxygen atoms in total. The van der Waals surface area contributed by atoms with Crippen molar-refractivity contribution in [3.05, 3.63) is 48.0 Å². The highest BCUT2D eigenvalue weighted by molar-refractivity contribution is 5.38. The second-order valence-electron chi connectivity index (χ2n) is 5.60. The summed E-state index contributed by atoms with van der Waals surface area (Å²) < 4.78 is 2.17. The predicted molar refractivity (Wildman–Crippen MR) is 75.0 cm³/mol. The Hall–Kier alpha value is -1.61. The molecule has 18 heavy (non-hydrogen) atoms. The first-order chi connectivity index (χ1) is 8.52. The standard InChI is InChI=1S/C15H21N3/c1-15(2,3)14-10-17-11-18(14)13-7-5-6-12(8-13)9-16-4/h5-8,10-11,16H,9H2,1-4H3. The number of rotatable bonds is 3. The zero-order valence-corrected chi connectivity index (χ0v) is 11.6. The van der Waals surface area contributed by atoms with Crippen molar-refractivity contribution in [2.45, 2.75) is 32.7 Å². The minimum absolute atomic E-state index is 0.0928. The highest BCUT2D eigenvalue weighted by Crippen LogP contribution is 2.24. The van der Waals surface area contributed by atoms with Crippen LogP contribution in [0.2, 0.25) is 0 Å². The second kappa shape index (κ2) is 4.94. The zero-order chi connectivity index (χ0) is 13.2. The average Bonchev–Trinajstić information content (AvgIpc) is 2.78. The molecule has 0 aliphatic heterocycles. The predicted octanol–water partition coefficient (Wildman–Crippen LogP) is 2.89. The monoisotopic (exact) mass is 243 g/mol. The Balaban J connectivity index is 2.43. The van der Waals surface area contributed by atoms with E-state index in [4.69, 9.17) is 0 Å². The summed E-state index contributed by atoms with van der Waals surface area (Å²) in [5, 5.41) is 3.18. The molecule has 0 saturated carbocycles. The number of benzene rings is 1. The van der Waals surface area contributed by atoms with Crippen LogP contribution in [-0.4, -0.2) is 16.6 Å². The molecule has 2 rings (SSSR count). The van der Waals surface area contributed by atoms with E-state index in [-0.39, 0.29) is 5.41 Å². The van der Waals surface area contributed by atoms with Crippen LogP contribution in [0.4, 0.5) is 0 Å². The van der Waals surface area contributed by atoms with Gasteiger partial charge in [0.05, 0.1) is 6.33 Å². The molecule has 1 N–H and O–H groups in total. The molecule has 1 aromatic carbocycles. The third-order valence-corrected chi connectivity index (χ3v) is 2.98. The Labute approximate surface area is 109 Å². The minimum atomic E-state index is 0.0928. The van der Waals surface area contributed by atoms with E-state index in [1.165, 1.54) is 16.9 Å². The van der Waals surface area contributed by atoms with Gasteiger partial charge in [0.1, 0.15) is 0 Å². The number of aromatic nitrogens is 2. The molecule has 0 atom stereocenters. The maximum atomic E-state index is 4.29. The van der Waals surface area contributed by atoms with Crippen LogP contribution >= 0.6 is 0 Å². The van der Waals surface area contributed by atoms with Gasteiger partial charge in [-0.1, -0.05) is 32.9 Å². The third-order valence-electron chi connectivity index (χ3n) is 2.98. The van der Waals surface area contributed by atoms with Crippen LogP contribution in [0.15, 0.2) is 36.8 Å². The van der Waals surface area contributed by atoms with Crippen molar-refractivity contribution in [2.24, 2.45) is 0 Å². The van der Waals surface area contributed by atoms with Crippen molar-refractivity contribution in [2.75, 3.05) is 7.05 Å². The number of nitrogens with one attached hydrogen (secondary N) is 1. The van der Waals surface area contributed by atoms with E-state index in [0.717, 1.165) is 6.54 Å². The minimum Gasteiger partial charge on any atom is -0.316 e. The van der Waals surface area contributed by atoms with Gasteiger partial charge in [0.15, 0.2) is 0 Å². The molecule has 96 valence electrons. The maximum Gasteiger partial charge on any atom is 0.0994 e. The zero-order valence-electron chi connectivity index (χ0n) is 11.6. The number of imidazole rings is 1. The van der Waals surface area contributed by atoms with Gasteiger partial charge in [0, 0.05) is 29.5 Å². The van der Waals surface area contributed by atoms with Gasteiger partial charge in [-0.05, 0) is 24.7 Å². The van der Waals surface area contributed by atoms with Crippen LogP contribution in [-0.2, 0) is 12.0 Å². The normalized spacial score (nSPS) is 11.8. The maximum absolute atomic E-state index is 4.29. The summed E-state index contributed by atoms with van der Waals surface area (Å²) in [6.07, 6.45) is 3.84. The van der Waals surface area contributed by atoms with Crippen LogP contribution in [0, 0.1) is 0 Å². The molecule has 1 heterocycles. The quantitative estimate of drug-likeness (QED) is 0.898. The summed E-state index contributed by atoms with van der Waals surface area (Å²) >= 11 is 0. The molecule has 0 amide bonds. The molecule has 0 saturated heterocycles. The summed E-state index contributed by atoms with van der Waals surface area (Å²) in [5.41, 5.74) is 3.77. The van der Waals surface area contributed by atoms with E-state index in [0.29, 0.717) is 0 Å². The molecule has 0 bridgehead atoms. The molecule has 3 heteroatoms. The fourth-order valence-corrected chi connectivity index (χ4v) is 2.08. The lowest BCUT2D eigenvalue weighted by Crippen LogP contribution is -2.16. The SMILES string of the molecule is CNCc1cccc(-n2cncc2C(C)(C)C)c1. The lowest BCUT2D eigenvalue weighted by molar-refractivity contribution is 0.556. The van der Waals surface area contributed by atoms with Crippen LogP contribution in [0.3, 0.4) is 0 Å². The molecule has 0 fully saturated rings. The van der Waals surface area contributed by atoms with Crippen molar-refractivity contribution in [1.82, 2.24) is 14.9 Å². The summed E-state index contributed by atoms with van der Waals surface area (Å²) in [5.74, 6) is 0. The highest BCUT2D eigenvalue weighted by atomic mass is 15.1. The van der Waals surface area contributed by atoms with Gasteiger partial charge < -0.3 is 9.88 Å². The first kappa shape index (κ1) is 12.8. The Kier molecular flexibility index (Phi) is 3.53. The molecule has 0 radical (unpaired) electrons. The average molecular weight is 243 g/mol. The van der Waals surface area contributed by atoms with E-state index < -0.39 is 0 Å². The topological polar surface area (TPSA) is 29.9 Å². The van der Waals surface area contributed by atoms with E-state index in [1.807, 2.05) is 19.6 Å². The van der Waals surface area contributed by atoms with Gasteiger partial charge in [-0.3, -0.25) is 0 Å². The molecular formula is C15H21N3. The van der Waals surface area contributed by atoms with Crippen molar-refractivity contribution >= 4 is 0 Å². The van der Waals surface area contributed by atoms with Crippen molar-refractivity contribution in [3.63, 3.8) is 0 Å². The summed E-state index contributed by atoms with van der Waals surface area (Å²) in [4.78, 5) is 4.29. The fourth-order valence-electron chi connectivity index (χ4n) is 2.08. The van der Waals surface area contributed by atoms with Crippen LogP contribution in [0.1, 0.15) is 32.0 Å². The first-order valence-electron chi connectivity index (χ1n) is 6.29.